The molecule has 0 aromatic carbocycles. The van der Waals surface area contributed by atoms with E-state index in [0.29, 0.717) is 26.2 Å². The fraction of sp³-hybridized carbons (Fsp3) is 0.833. The molecule has 0 spiro atoms. The lowest BCUT2D eigenvalue weighted by Gasteiger charge is -2.32. The highest BCUT2D eigenvalue weighted by atomic mass is 16.5. The Kier molecular flexibility index (Phi) is 6.49. The molecular weight excluding hydrogens is 236 g/mol. The van der Waals surface area contributed by atoms with Gasteiger partial charge < -0.3 is 19.7 Å². The van der Waals surface area contributed by atoms with Crippen molar-refractivity contribution >= 4 is 12.0 Å². The number of ether oxygens (including phenoxy) is 2. The van der Waals surface area contributed by atoms with Crippen LogP contribution in [0.4, 0.5) is 4.79 Å². The average Bonchev–Trinajstić information content (AvgIpc) is 2.39. The molecule has 0 bridgehead atoms. The molecule has 1 fully saturated rings. The number of nitrogens with zero attached hydrogens (tertiary/aromatic N) is 1. The second kappa shape index (κ2) is 7.92. The van der Waals surface area contributed by atoms with Crippen molar-refractivity contribution in [3.8, 4) is 0 Å². The minimum absolute atomic E-state index is 0.0818. The van der Waals surface area contributed by atoms with E-state index in [2.05, 4.69) is 17.0 Å². The van der Waals surface area contributed by atoms with Gasteiger partial charge in [-0.3, -0.25) is 4.79 Å². The molecule has 1 aliphatic rings. The highest BCUT2D eigenvalue weighted by Gasteiger charge is 2.25. The normalized spacial score (nSPS) is 19.4. The number of amides is 2. The number of hydrogen-bond donors (Lipinski definition) is 1. The maximum Gasteiger partial charge on any atom is 0.317 e. The van der Waals surface area contributed by atoms with Gasteiger partial charge in [0.15, 0.2) is 0 Å². The van der Waals surface area contributed by atoms with E-state index in [9.17, 15) is 9.59 Å². The summed E-state index contributed by atoms with van der Waals surface area (Å²) < 4.78 is 10.0. The van der Waals surface area contributed by atoms with Crippen LogP contribution >= 0.6 is 0 Å². The number of morpholine rings is 1. The first-order chi connectivity index (χ1) is 8.67. The van der Waals surface area contributed by atoms with Crippen molar-refractivity contribution < 1.29 is 19.1 Å². The molecule has 0 aromatic heterocycles. The van der Waals surface area contributed by atoms with Gasteiger partial charge >= 0.3 is 12.0 Å². The maximum absolute atomic E-state index is 11.8. The zero-order valence-electron chi connectivity index (χ0n) is 11.1. The summed E-state index contributed by atoms with van der Waals surface area (Å²) >= 11 is 0. The van der Waals surface area contributed by atoms with E-state index in [-0.39, 0.29) is 24.5 Å². The van der Waals surface area contributed by atoms with Gasteiger partial charge in [0, 0.05) is 19.6 Å². The minimum Gasteiger partial charge on any atom is -0.469 e. The lowest BCUT2D eigenvalue weighted by Crippen LogP contribution is -2.50. The average molecular weight is 258 g/mol. The number of carbonyl (C=O) groups excluding carboxylic acids is 2. The van der Waals surface area contributed by atoms with Crippen LogP contribution in [-0.2, 0) is 14.3 Å². The molecule has 2 amide bonds. The molecular formula is C12H22N2O4. The van der Waals surface area contributed by atoms with Gasteiger partial charge in [0.1, 0.15) is 0 Å². The monoisotopic (exact) mass is 258 g/mol. The number of rotatable bonds is 5. The van der Waals surface area contributed by atoms with Crippen LogP contribution in [0.25, 0.3) is 0 Å². The third kappa shape index (κ3) is 4.91. The molecule has 104 valence electrons. The molecule has 0 saturated carbocycles. The Hall–Kier alpha value is -1.30. The number of hydrogen-bond acceptors (Lipinski definition) is 4. The van der Waals surface area contributed by atoms with Crippen molar-refractivity contribution in [1.29, 1.82) is 0 Å². The van der Waals surface area contributed by atoms with Crippen LogP contribution in [0, 0.1) is 0 Å². The first kappa shape index (κ1) is 14.8. The third-order valence-corrected chi connectivity index (χ3v) is 2.85. The SMILES string of the molecule is CCCCNC(=O)N1CCOC(CC(=O)OC)C1. The number of methoxy groups -OCH3 is 1. The summed E-state index contributed by atoms with van der Waals surface area (Å²) in [6.07, 6.45) is 1.95. The molecule has 1 aliphatic heterocycles. The molecule has 0 aromatic rings. The Bertz CT molecular complexity index is 283. The lowest BCUT2D eigenvalue weighted by molar-refractivity contribution is -0.145. The summed E-state index contributed by atoms with van der Waals surface area (Å²) in [4.78, 5) is 24.7. The largest absolute Gasteiger partial charge is 0.469 e. The van der Waals surface area contributed by atoms with Crippen molar-refractivity contribution in [3.05, 3.63) is 0 Å². The van der Waals surface area contributed by atoms with Crippen LogP contribution in [0.5, 0.6) is 0 Å². The number of urea groups is 1. The molecule has 1 atom stereocenters. The standard InChI is InChI=1S/C12H22N2O4/c1-3-4-5-13-12(16)14-6-7-18-10(9-14)8-11(15)17-2/h10H,3-9H2,1-2H3,(H,13,16). The lowest BCUT2D eigenvalue weighted by atomic mass is 10.2. The summed E-state index contributed by atoms with van der Waals surface area (Å²) in [7, 11) is 1.35. The summed E-state index contributed by atoms with van der Waals surface area (Å²) in [5, 5.41) is 2.86. The first-order valence-corrected chi connectivity index (χ1v) is 6.38. The van der Waals surface area contributed by atoms with E-state index < -0.39 is 0 Å². The summed E-state index contributed by atoms with van der Waals surface area (Å²) in [6.45, 7) is 4.23. The van der Waals surface area contributed by atoms with E-state index in [0.717, 1.165) is 12.8 Å². The number of nitrogens with one attached hydrogen (secondary N) is 1. The number of unbranched alkanes of at least 4 members (excludes halogenated alkanes) is 1. The summed E-state index contributed by atoms with van der Waals surface area (Å²) in [5.41, 5.74) is 0. The fourth-order valence-electron chi connectivity index (χ4n) is 1.78. The zero-order chi connectivity index (χ0) is 13.4. The molecule has 6 heteroatoms. The smallest absolute Gasteiger partial charge is 0.317 e. The van der Waals surface area contributed by atoms with E-state index >= 15 is 0 Å². The van der Waals surface area contributed by atoms with Crippen LogP contribution in [0.3, 0.4) is 0 Å². The van der Waals surface area contributed by atoms with Crippen molar-refractivity contribution in [3.63, 3.8) is 0 Å². The van der Waals surface area contributed by atoms with E-state index in [1.54, 1.807) is 4.90 Å². The molecule has 1 saturated heterocycles. The second-order valence-electron chi connectivity index (χ2n) is 4.30. The summed E-state index contributed by atoms with van der Waals surface area (Å²) in [5.74, 6) is -0.312. The number of esters is 1. The Morgan fingerprint density at radius 2 is 2.28 bits per heavy atom. The van der Waals surface area contributed by atoms with Crippen LogP contribution < -0.4 is 5.32 Å². The number of carbonyl (C=O) groups is 2. The van der Waals surface area contributed by atoms with Crippen molar-refractivity contribution in [2.75, 3.05) is 33.4 Å². The fourth-order valence-corrected chi connectivity index (χ4v) is 1.78. The van der Waals surface area contributed by atoms with Gasteiger partial charge in [-0.1, -0.05) is 13.3 Å². The van der Waals surface area contributed by atoms with Crippen molar-refractivity contribution in [2.24, 2.45) is 0 Å². The molecule has 6 nitrogen and oxygen atoms in total. The summed E-state index contributed by atoms with van der Waals surface area (Å²) in [6, 6.07) is -0.0818. The van der Waals surface area contributed by atoms with Gasteiger partial charge in [-0.25, -0.2) is 4.79 Å². The van der Waals surface area contributed by atoms with E-state index in [1.807, 2.05) is 0 Å². The van der Waals surface area contributed by atoms with Crippen LogP contribution in [-0.4, -0.2) is 56.4 Å². The molecule has 0 aliphatic carbocycles. The van der Waals surface area contributed by atoms with E-state index in [4.69, 9.17) is 4.74 Å². The molecule has 1 rings (SSSR count). The first-order valence-electron chi connectivity index (χ1n) is 6.38. The molecule has 1 heterocycles. The van der Waals surface area contributed by atoms with Crippen LogP contribution in [0.2, 0.25) is 0 Å². The van der Waals surface area contributed by atoms with Gasteiger partial charge in [0.2, 0.25) is 0 Å². The molecule has 0 radical (unpaired) electrons. The highest BCUT2D eigenvalue weighted by molar-refractivity contribution is 5.74. The van der Waals surface area contributed by atoms with Crippen LogP contribution in [0.1, 0.15) is 26.2 Å². The predicted octanol–water partition coefficient (Wildman–Crippen LogP) is 0.760. The topological polar surface area (TPSA) is 67.9 Å². The Morgan fingerprint density at radius 1 is 1.50 bits per heavy atom. The van der Waals surface area contributed by atoms with Gasteiger partial charge in [-0.05, 0) is 6.42 Å². The van der Waals surface area contributed by atoms with Crippen molar-refractivity contribution in [2.45, 2.75) is 32.3 Å². The maximum atomic E-state index is 11.8. The van der Waals surface area contributed by atoms with Gasteiger partial charge in [0.25, 0.3) is 0 Å². The van der Waals surface area contributed by atoms with Gasteiger partial charge in [-0.15, -0.1) is 0 Å². The van der Waals surface area contributed by atoms with Gasteiger partial charge in [-0.2, -0.15) is 0 Å². The molecule has 18 heavy (non-hydrogen) atoms. The Morgan fingerprint density at radius 3 is 2.94 bits per heavy atom. The Balaban J connectivity index is 2.33. The van der Waals surface area contributed by atoms with Gasteiger partial charge in [0.05, 0.1) is 26.2 Å². The zero-order valence-corrected chi connectivity index (χ0v) is 11.1. The van der Waals surface area contributed by atoms with Crippen molar-refractivity contribution in [1.82, 2.24) is 10.2 Å². The second-order valence-corrected chi connectivity index (χ2v) is 4.30. The minimum atomic E-state index is -0.312. The highest BCUT2D eigenvalue weighted by Crippen LogP contribution is 2.09. The Labute approximate surface area is 108 Å². The van der Waals surface area contributed by atoms with Crippen LogP contribution in [0.15, 0.2) is 0 Å². The third-order valence-electron chi connectivity index (χ3n) is 2.85. The predicted molar refractivity (Wildman–Crippen MR) is 66.3 cm³/mol. The molecule has 1 N–H and O–H groups in total. The quantitative estimate of drug-likeness (QED) is 0.584. The van der Waals surface area contributed by atoms with E-state index in [1.165, 1.54) is 7.11 Å². The molecule has 1 unspecified atom stereocenters.